The van der Waals surface area contributed by atoms with Crippen molar-refractivity contribution in [3.8, 4) is 5.75 Å². The van der Waals surface area contributed by atoms with E-state index in [1.165, 1.54) is 48.8 Å². The number of nitrogens with one attached hydrogen (secondary N) is 1. The lowest BCUT2D eigenvalue weighted by Crippen LogP contribution is -2.26. The molecule has 2 heteroatoms. The number of ether oxygens (including phenoxy) is 1. The quantitative estimate of drug-likeness (QED) is 0.832. The summed E-state index contributed by atoms with van der Waals surface area (Å²) in [4.78, 5) is 0. The molecule has 0 aliphatic heterocycles. The summed E-state index contributed by atoms with van der Waals surface area (Å²) in [5, 5.41) is 3.47. The van der Waals surface area contributed by atoms with Crippen LogP contribution in [-0.2, 0) is 0 Å². The zero-order chi connectivity index (χ0) is 13.8. The monoisotopic (exact) mass is 261 g/mol. The van der Waals surface area contributed by atoms with Crippen molar-refractivity contribution in [2.24, 2.45) is 0 Å². The van der Waals surface area contributed by atoms with Crippen LogP contribution >= 0.6 is 0 Å². The largest absolute Gasteiger partial charge is 0.496 e. The Morgan fingerprint density at radius 3 is 2.58 bits per heavy atom. The molecule has 2 atom stereocenters. The summed E-state index contributed by atoms with van der Waals surface area (Å²) in [6.45, 7) is 4.33. The minimum atomic E-state index is 0.634. The average Bonchev–Trinajstić information content (AvgIpc) is 2.67. The molecule has 1 fully saturated rings. The van der Waals surface area contributed by atoms with Crippen LogP contribution in [0.5, 0.6) is 5.75 Å². The van der Waals surface area contributed by atoms with Gasteiger partial charge in [-0.3, -0.25) is 0 Å². The molecule has 2 unspecified atom stereocenters. The fourth-order valence-electron chi connectivity index (χ4n) is 3.31. The highest BCUT2D eigenvalue weighted by atomic mass is 16.5. The summed E-state index contributed by atoms with van der Waals surface area (Å²) in [5.41, 5.74) is 4.03. The predicted octanol–water partition coefficient (Wildman–Crippen LogP) is 3.95. The van der Waals surface area contributed by atoms with Crippen molar-refractivity contribution in [2.45, 2.75) is 57.9 Å². The first kappa shape index (κ1) is 14.4. The standard InChI is InChI=1S/C17H27NO/c1-12-9-10-16(17(19-4)13(12)2)14-7-5-6-8-15(11-14)18-3/h9-10,14-15,18H,5-8,11H2,1-4H3. The topological polar surface area (TPSA) is 21.3 Å². The first-order chi connectivity index (χ1) is 9.17. The fraction of sp³-hybridized carbons (Fsp3) is 0.647. The van der Waals surface area contributed by atoms with Gasteiger partial charge in [0.05, 0.1) is 7.11 Å². The Balaban J connectivity index is 2.31. The van der Waals surface area contributed by atoms with Gasteiger partial charge in [-0.2, -0.15) is 0 Å². The maximum Gasteiger partial charge on any atom is 0.125 e. The van der Waals surface area contributed by atoms with Gasteiger partial charge in [0.25, 0.3) is 0 Å². The minimum Gasteiger partial charge on any atom is -0.496 e. The normalized spacial score (nSPS) is 24.0. The summed E-state index contributed by atoms with van der Waals surface area (Å²) in [5.74, 6) is 1.75. The SMILES string of the molecule is CNC1CCCCC(c2ccc(C)c(C)c2OC)C1. The molecule has 106 valence electrons. The molecular formula is C17H27NO. The number of hydrogen-bond acceptors (Lipinski definition) is 2. The molecule has 1 N–H and O–H groups in total. The molecule has 0 aromatic heterocycles. The van der Waals surface area contributed by atoms with Gasteiger partial charge in [0.1, 0.15) is 5.75 Å². The molecule has 1 aromatic carbocycles. The van der Waals surface area contributed by atoms with Gasteiger partial charge in [0.15, 0.2) is 0 Å². The lowest BCUT2D eigenvalue weighted by molar-refractivity contribution is 0.394. The Hall–Kier alpha value is -1.02. The van der Waals surface area contributed by atoms with E-state index in [4.69, 9.17) is 4.74 Å². The van der Waals surface area contributed by atoms with Gasteiger partial charge >= 0.3 is 0 Å². The molecule has 0 radical (unpaired) electrons. The Morgan fingerprint density at radius 1 is 1.16 bits per heavy atom. The van der Waals surface area contributed by atoms with Crippen LogP contribution in [0.25, 0.3) is 0 Å². The summed E-state index contributed by atoms with van der Waals surface area (Å²) in [7, 11) is 3.89. The summed E-state index contributed by atoms with van der Waals surface area (Å²) < 4.78 is 5.70. The summed E-state index contributed by atoms with van der Waals surface area (Å²) in [6.07, 6.45) is 6.50. The van der Waals surface area contributed by atoms with Crippen molar-refractivity contribution in [3.63, 3.8) is 0 Å². The van der Waals surface area contributed by atoms with Crippen LogP contribution in [0.15, 0.2) is 12.1 Å². The molecule has 0 spiro atoms. The molecule has 2 nitrogen and oxygen atoms in total. The lowest BCUT2D eigenvalue weighted by Gasteiger charge is -2.23. The molecule has 0 heterocycles. The van der Waals surface area contributed by atoms with E-state index in [-0.39, 0.29) is 0 Å². The van der Waals surface area contributed by atoms with Gasteiger partial charge in [-0.15, -0.1) is 0 Å². The van der Waals surface area contributed by atoms with Crippen molar-refractivity contribution in [1.29, 1.82) is 0 Å². The Kier molecular flexibility index (Phi) is 4.87. The maximum atomic E-state index is 5.70. The fourth-order valence-corrected chi connectivity index (χ4v) is 3.31. The van der Waals surface area contributed by atoms with Gasteiger partial charge in [-0.05, 0) is 62.8 Å². The highest BCUT2D eigenvalue weighted by Gasteiger charge is 2.23. The first-order valence-corrected chi connectivity index (χ1v) is 7.48. The molecule has 0 amide bonds. The zero-order valence-corrected chi connectivity index (χ0v) is 12.8. The van der Waals surface area contributed by atoms with Crippen LogP contribution < -0.4 is 10.1 Å². The molecule has 0 bridgehead atoms. The third-order valence-corrected chi connectivity index (χ3v) is 4.68. The van der Waals surface area contributed by atoms with Crippen molar-refractivity contribution >= 4 is 0 Å². The van der Waals surface area contributed by atoms with E-state index in [1.54, 1.807) is 7.11 Å². The van der Waals surface area contributed by atoms with E-state index in [9.17, 15) is 0 Å². The lowest BCUT2D eigenvalue weighted by atomic mass is 9.87. The summed E-state index contributed by atoms with van der Waals surface area (Å²) in [6, 6.07) is 5.18. The van der Waals surface area contributed by atoms with E-state index >= 15 is 0 Å². The van der Waals surface area contributed by atoms with Crippen LogP contribution in [0, 0.1) is 13.8 Å². The molecule has 19 heavy (non-hydrogen) atoms. The van der Waals surface area contributed by atoms with Gasteiger partial charge in [0.2, 0.25) is 0 Å². The molecular weight excluding hydrogens is 234 g/mol. The van der Waals surface area contributed by atoms with E-state index in [1.807, 2.05) is 0 Å². The predicted molar refractivity (Wildman–Crippen MR) is 81.1 cm³/mol. The third kappa shape index (κ3) is 3.11. The van der Waals surface area contributed by atoms with E-state index < -0.39 is 0 Å². The van der Waals surface area contributed by atoms with Crippen molar-refractivity contribution in [3.05, 3.63) is 28.8 Å². The summed E-state index contributed by atoms with van der Waals surface area (Å²) >= 11 is 0. The zero-order valence-electron chi connectivity index (χ0n) is 12.8. The van der Waals surface area contributed by atoms with Crippen LogP contribution in [0.2, 0.25) is 0 Å². The highest BCUT2D eigenvalue weighted by Crippen LogP contribution is 2.38. The van der Waals surface area contributed by atoms with Crippen LogP contribution in [-0.4, -0.2) is 20.2 Å². The second-order valence-corrected chi connectivity index (χ2v) is 5.83. The Morgan fingerprint density at radius 2 is 1.89 bits per heavy atom. The van der Waals surface area contributed by atoms with Crippen molar-refractivity contribution in [1.82, 2.24) is 5.32 Å². The maximum absolute atomic E-state index is 5.70. The van der Waals surface area contributed by atoms with Crippen molar-refractivity contribution in [2.75, 3.05) is 14.2 Å². The van der Waals surface area contributed by atoms with Crippen molar-refractivity contribution < 1.29 is 4.74 Å². The highest BCUT2D eigenvalue weighted by molar-refractivity contribution is 5.47. The number of methoxy groups -OCH3 is 1. The number of benzene rings is 1. The third-order valence-electron chi connectivity index (χ3n) is 4.68. The van der Waals surface area contributed by atoms with Gasteiger partial charge in [-0.1, -0.05) is 25.0 Å². The van der Waals surface area contributed by atoms with Crippen LogP contribution in [0.4, 0.5) is 0 Å². The second-order valence-electron chi connectivity index (χ2n) is 5.83. The van der Waals surface area contributed by atoms with E-state index in [0.717, 1.165) is 5.75 Å². The van der Waals surface area contributed by atoms with Crippen LogP contribution in [0.3, 0.4) is 0 Å². The Bertz CT molecular complexity index is 428. The average molecular weight is 261 g/mol. The minimum absolute atomic E-state index is 0.634. The van der Waals surface area contributed by atoms with E-state index in [0.29, 0.717) is 12.0 Å². The molecule has 1 saturated carbocycles. The molecule has 2 rings (SSSR count). The molecule has 0 saturated heterocycles. The number of rotatable bonds is 3. The van der Waals surface area contributed by atoms with Crippen LogP contribution in [0.1, 0.15) is 54.7 Å². The van der Waals surface area contributed by atoms with Gasteiger partial charge in [-0.25, -0.2) is 0 Å². The van der Waals surface area contributed by atoms with Gasteiger partial charge < -0.3 is 10.1 Å². The molecule has 1 aromatic rings. The Labute approximate surface area is 117 Å². The smallest absolute Gasteiger partial charge is 0.125 e. The number of aryl methyl sites for hydroxylation is 1. The first-order valence-electron chi connectivity index (χ1n) is 7.48. The van der Waals surface area contributed by atoms with Gasteiger partial charge in [0, 0.05) is 6.04 Å². The molecule has 1 aliphatic rings. The molecule has 1 aliphatic carbocycles. The van der Waals surface area contributed by atoms with E-state index in [2.05, 4.69) is 38.3 Å². The second kappa shape index (κ2) is 6.42. The number of hydrogen-bond donors (Lipinski definition) is 1.